The van der Waals surface area contributed by atoms with Crippen LogP contribution in [-0.4, -0.2) is 6.54 Å². The summed E-state index contributed by atoms with van der Waals surface area (Å²) in [5.41, 5.74) is 3.66. The van der Waals surface area contributed by atoms with Gasteiger partial charge in [0.1, 0.15) is 0 Å². The second kappa shape index (κ2) is 5.57. The van der Waals surface area contributed by atoms with Crippen molar-refractivity contribution in [3.05, 3.63) is 33.8 Å². The van der Waals surface area contributed by atoms with Crippen LogP contribution in [0.25, 0.3) is 0 Å². The zero-order valence-electron chi connectivity index (χ0n) is 11.8. The van der Waals surface area contributed by atoms with Crippen LogP contribution >= 0.6 is 15.9 Å². The second-order valence-electron chi connectivity index (χ2n) is 6.38. The van der Waals surface area contributed by atoms with Gasteiger partial charge >= 0.3 is 0 Å². The monoisotopic (exact) mass is 321 g/mol. The molecule has 1 unspecified atom stereocenters. The number of benzene rings is 1. The predicted octanol–water partition coefficient (Wildman–Crippen LogP) is 5.00. The lowest BCUT2D eigenvalue weighted by Gasteiger charge is -2.30. The van der Waals surface area contributed by atoms with E-state index in [-0.39, 0.29) is 0 Å². The van der Waals surface area contributed by atoms with E-state index in [4.69, 9.17) is 0 Å². The zero-order chi connectivity index (χ0) is 13.3. The van der Waals surface area contributed by atoms with Gasteiger partial charge in [-0.2, -0.15) is 0 Å². The third-order valence-electron chi connectivity index (χ3n) is 5.32. The Morgan fingerprint density at radius 1 is 1.32 bits per heavy atom. The topological polar surface area (TPSA) is 12.0 Å². The van der Waals surface area contributed by atoms with Crippen LogP contribution in [0, 0.1) is 5.41 Å². The molecule has 104 valence electrons. The summed E-state index contributed by atoms with van der Waals surface area (Å²) in [4.78, 5) is 0. The second-order valence-corrected chi connectivity index (χ2v) is 7.29. The first-order chi connectivity index (χ1) is 9.22. The molecule has 1 saturated carbocycles. The summed E-state index contributed by atoms with van der Waals surface area (Å²) in [7, 11) is 0. The molecule has 1 fully saturated rings. The third kappa shape index (κ3) is 2.75. The molecule has 0 aliphatic heterocycles. The maximum absolute atomic E-state index is 3.88. The van der Waals surface area contributed by atoms with Crippen LogP contribution < -0.4 is 5.32 Å². The number of hydrogen-bond donors (Lipinski definition) is 1. The third-order valence-corrected chi connectivity index (χ3v) is 5.81. The van der Waals surface area contributed by atoms with Gasteiger partial charge in [0.15, 0.2) is 0 Å². The Balaban J connectivity index is 1.66. The summed E-state index contributed by atoms with van der Waals surface area (Å²) in [5.74, 6) is 0. The van der Waals surface area contributed by atoms with Crippen molar-refractivity contribution in [2.24, 2.45) is 5.41 Å². The van der Waals surface area contributed by atoms with Crippen LogP contribution in [0.4, 0.5) is 0 Å². The van der Waals surface area contributed by atoms with E-state index >= 15 is 0 Å². The number of fused-ring (bicyclic) bond motifs is 1. The molecule has 2 aliphatic rings. The molecule has 0 heterocycles. The van der Waals surface area contributed by atoms with Crippen molar-refractivity contribution >= 4 is 15.9 Å². The van der Waals surface area contributed by atoms with Crippen LogP contribution in [0.1, 0.15) is 62.6 Å². The predicted molar refractivity (Wildman–Crippen MR) is 84.4 cm³/mol. The van der Waals surface area contributed by atoms with Crippen LogP contribution in [0.3, 0.4) is 0 Å². The van der Waals surface area contributed by atoms with Gasteiger partial charge in [0.05, 0.1) is 0 Å². The van der Waals surface area contributed by atoms with Crippen molar-refractivity contribution in [2.75, 3.05) is 6.54 Å². The van der Waals surface area contributed by atoms with E-state index in [9.17, 15) is 0 Å². The fourth-order valence-corrected chi connectivity index (χ4v) is 4.33. The Morgan fingerprint density at radius 2 is 2.11 bits per heavy atom. The molecule has 1 N–H and O–H groups in total. The highest BCUT2D eigenvalue weighted by Gasteiger charge is 2.33. The number of nitrogens with one attached hydrogen (secondary N) is 1. The Morgan fingerprint density at radius 3 is 2.84 bits per heavy atom. The SMILES string of the molecule is CCC1(CNC2CCc3cc(Br)ccc32)CCCC1. The number of aryl methyl sites for hydroxylation is 1. The Hall–Kier alpha value is -0.340. The van der Waals surface area contributed by atoms with E-state index in [2.05, 4.69) is 46.4 Å². The summed E-state index contributed by atoms with van der Waals surface area (Å²) < 4.78 is 1.22. The minimum atomic E-state index is 0.590. The van der Waals surface area contributed by atoms with Crippen molar-refractivity contribution in [3.8, 4) is 0 Å². The highest BCUT2D eigenvalue weighted by atomic mass is 79.9. The molecule has 0 spiro atoms. The summed E-state index contributed by atoms with van der Waals surface area (Å²) in [6, 6.07) is 7.37. The first-order valence-electron chi connectivity index (χ1n) is 7.74. The first-order valence-corrected chi connectivity index (χ1v) is 8.53. The van der Waals surface area contributed by atoms with Gasteiger partial charge < -0.3 is 5.32 Å². The molecule has 1 nitrogen and oxygen atoms in total. The van der Waals surface area contributed by atoms with Gasteiger partial charge in [-0.3, -0.25) is 0 Å². The molecule has 0 saturated heterocycles. The largest absolute Gasteiger partial charge is 0.309 e. The molecule has 3 rings (SSSR count). The fourth-order valence-electron chi connectivity index (χ4n) is 3.92. The van der Waals surface area contributed by atoms with E-state index in [0.29, 0.717) is 11.5 Å². The maximum atomic E-state index is 3.88. The summed E-state index contributed by atoms with van der Waals surface area (Å²) in [6.45, 7) is 3.58. The van der Waals surface area contributed by atoms with Crippen molar-refractivity contribution in [3.63, 3.8) is 0 Å². The van der Waals surface area contributed by atoms with Gasteiger partial charge in [-0.05, 0) is 60.8 Å². The van der Waals surface area contributed by atoms with E-state index < -0.39 is 0 Å². The zero-order valence-corrected chi connectivity index (χ0v) is 13.4. The molecule has 2 heteroatoms. The molecule has 19 heavy (non-hydrogen) atoms. The van der Waals surface area contributed by atoms with Crippen molar-refractivity contribution in [1.29, 1.82) is 0 Å². The van der Waals surface area contributed by atoms with Gasteiger partial charge in [-0.25, -0.2) is 0 Å². The fraction of sp³-hybridized carbons (Fsp3) is 0.647. The highest BCUT2D eigenvalue weighted by Crippen LogP contribution is 2.41. The van der Waals surface area contributed by atoms with Gasteiger partial charge in [0.2, 0.25) is 0 Å². The van der Waals surface area contributed by atoms with Crippen LogP contribution in [0.5, 0.6) is 0 Å². The first kappa shape index (κ1) is 13.6. The molecule has 0 amide bonds. The van der Waals surface area contributed by atoms with Crippen molar-refractivity contribution < 1.29 is 0 Å². The molecular weight excluding hydrogens is 298 g/mol. The van der Waals surface area contributed by atoms with Crippen LogP contribution in [0.2, 0.25) is 0 Å². The van der Waals surface area contributed by atoms with E-state index in [1.807, 2.05) is 0 Å². The van der Waals surface area contributed by atoms with Gasteiger partial charge in [0.25, 0.3) is 0 Å². The molecule has 0 radical (unpaired) electrons. The van der Waals surface area contributed by atoms with Gasteiger partial charge in [-0.15, -0.1) is 0 Å². The minimum absolute atomic E-state index is 0.590. The molecule has 0 bridgehead atoms. The van der Waals surface area contributed by atoms with Gasteiger partial charge in [-0.1, -0.05) is 41.8 Å². The number of hydrogen-bond acceptors (Lipinski definition) is 1. The Labute approximate surface area is 125 Å². The Kier molecular flexibility index (Phi) is 4.00. The summed E-state index contributed by atoms with van der Waals surface area (Å²) in [6.07, 6.45) is 9.55. The maximum Gasteiger partial charge on any atom is 0.0326 e. The van der Waals surface area contributed by atoms with Crippen molar-refractivity contribution in [2.45, 2.75) is 57.9 Å². The van der Waals surface area contributed by atoms with Crippen LogP contribution in [-0.2, 0) is 6.42 Å². The number of rotatable bonds is 4. The Bertz CT molecular complexity index is 449. The molecule has 1 aromatic rings. The standard InChI is InChI=1S/C17H24BrN/c1-2-17(9-3-4-10-17)12-19-16-8-5-13-11-14(18)6-7-15(13)16/h6-7,11,16,19H,2-5,8-10,12H2,1H3. The lowest BCUT2D eigenvalue weighted by molar-refractivity contribution is 0.255. The lowest BCUT2D eigenvalue weighted by Crippen LogP contribution is -2.33. The molecular formula is C17H24BrN. The van der Waals surface area contributed by atoms with Gasteiger partial charge in [0, 0.05) is 17.1 Å². The average molecular weight is 322 g/mol. The van der Waals surface area contributed by atoms with E-state index in [0.717, 1.165) is 0 Å². The van der Waals surface area contributed by atoms with E-state index in [1.54, 1.807) is 0 Å². The number of halogens is 1. The smallest absolute Gasteiger partial charge is 0.0326 e. The van der Waals surface area contributed by atoms with E-state index in [1.165, 1.54) is 67.1 Å². The molecule has 1 aromatic carbocycles. The van der Waals surface area contributed by atoms with Crippen LogP contribution in [0.15, 0.2) is 22.7 Å². The normalized spacial score (nSPS) is 24.6. The molecule has 1 atom stereocenters. The molecule has 2 aliphatic carbocycles. The lowest BCUT2D eigenvalue weighted by atomic mass is 9.83. The minimum Gasteiger partial charge on any atom is -0.309 e. The summed E-state index contributed by atoms with van der Waals surface area (Å²) in [5, 5.41) is 3.88. The quantitative estimate of drug-likeness (QED) is 0.823. The highest BCUT2D eigenvalue weighted by molar-refractivity contribution is 9.10. The summed E-state index contributed by atoms with van der Waals surface area (Å²) >= 11 is 3.58. The average Bonchev–Trinajstić information content (AvgIpc) is 3.03. The molecule has 0 aromatic heterocycles. The van der Waals surface area contributed by atoms with Crippen molar-refractivity contribution in [1.82, 2.24) is 5.32 Å².